The van der Waals surface area contributed by atoms with Gasteiger partial charge in [-0.1, -0.05) is 20.8 Å². The molecule has 2 rings (SSSR count). The van der Waals surface area contributed by atoms with Gasteiger partial charge in [0, 0.05) is 6.04 Å². The predicted octanol–water partition coefficient (Wildman–Crippen LogP) is 1.85. The largest absolute Gasteiger partial charge is 0.313 e. The van der Waals surface area contributed by atoms with E-state index in [1.54, 1.807) is 0 Å². The van der Waals surface area contributed by atoms with Crippen molar-refractivity contribution in [2.45, 2.75) is 58.2 Å². The Bertz CT molecular complexity index is 212. The van der Waals surface area contributed by atoms with Crippen molar-refractivity contribution in [3.8, 4) is 0 Å². The molecule has 3 atom stereocenters. The van der Waals surface area contributed by atoms with Crippen LogP contribution in [0.25, 0.3) is 0 Å². The summed E-state index contributed by atoms with van der Waals surface area (Å²) in [5.74, 6) is 0.740. The van der Waals surface area contributed by atoms with E-state index in [2.05, 4.69) is 26.1 Å². The lowest BCUT2D eigenvalue weighted by atomic mass is 9.61. The standard InChI is InChI=1S/C11H22N2/c1-8-7-9-5-4-6-11(12,13-9)10(8,2)3/h8-9,13H,4-7,12H2,1-3H3. The molecule has 2 heteroatoms. The van der Waals surface area contributed by atoms with Crippen LogP contribution in [0, 0.1) is 11.3 Å². The van der Waals surface area contributed by atoms with Gasteiger partial charge in [-0.3, -0.25) is 5.32 Å². The van der Waals surface area contributed by atoms with E-state index in [4.69, 9.17) is 5.73 Å². The third kappa shape index (κ3) is 1.23. The minimum atomic E-state index is -0.104. The first-order valence-electron chi connectivity index (χ1n) is 5.52. The van der Waals surface area contributed by atoms with Crippen molar-refractivity contribution in [1.29, 1.82) is 0 Å². The van der Waals surface area contributed by atoms with E-state index in [0.717, 1.165) is 12.3 Å². The van der Waals surface area contributed by atoms with Crippen LogP contribution in [0.3, 0.4) is 0 Å². The van der Waals surface area contributed by atoms with E-state index < -0.39 is 0 Å². The van der Waals surface area contributed by atoms with Crippen molar-refractivity contribution in [3.63, 3.8) is 0 Å². The van der Waals surface area contributed by atoms with E-state index in [9.17, 15) is 0 Å². The van der Waals surface area contributed by atoms with E-state index >= 15 is 0 Å². The summed E-state index contributed by atoms with van der Waals surface area (Å²) in [7, 11) is 0. The molecular weight excluding hydrogens is 160 g/mol. The van der Waals surface area contributed by atoms with E-state index in [1.807, 2.05) is 0 Å². The summed E-state index contributed by atoms with van der Waals surface area (Å²) in [5.41, 5.74) is 6.59. The minimum absolute atomic E-state index is 0.104. The van der Waals surface area contributed by atoms with Crippen LogP contribution >= 0.6 is 0 Å². The molecule has 0 aromatic heterocycles. The van der Waals surface area contributed by atoms with Gasteiger partial charge in [0.2, 0.25) is 0 Å². The molecule has 0 aromatic carbocycles. The summed E-state index contributed by atoms with van der Waals surface area (Å²) in [6.45, 7) is 6.97. The van der Waals surface area contributed by atoms with Crippen LogP contribution in [0.5, 0.6) is 0 Å². The molecule has 2 saturated heterocycles. The quantitative estimate of drug-likeness (QED) is 0.600. The highest BCUT2D eigenvalue weighted by Crippen LogP contribution is 2.46. The summed E-state index contributed by atoms with van der Waals surface area (Å²) in [5, 5.41) is 3.63. The molecule has 2 nitrogen and oxygen atoms in total. The number of nitrogens with one attached hydrogen (secondary N) is 1. The van der Waals surface area contributed by atoms with Crippen LogP contribution in [0.15, 0.2) is 0 Å². The summed E-state index contributed by atoms with van der Waals surface area (Å²) < 4.78 is 0. The Kier molecular flexibility index (Phi) is 1.97. The average Bonchev–Trinajstić information content (AvgIpc) is 2.02. The fourth-order valence-electron chi connectivity index (χ4n) is 2.98. The zero-order chi connectivity index (χ0) is 9.69. The summed E-state index contributed by atoms with van der Waals surface area (Å²) in [4.78, 5) is 0. The van der Waals surface area contributed by atoms with Gasteiger partial charge in [0.25, 0.3) is 0 Å². The Labute approximate surface area is 81.3 Å². The van der Waals surface area contributed by atoms with Crippen molar-refractivity contribution in [1.82, 2.24) is 5.32 Å². The topological polar surface area (TPSA) is 38.0 Å². The van der Waals surface area contributed by atoms with Crippen LogP contribution in [-0.4, -0.2) is 11.7 Å². The van der Waals surface area contributed by atoms with Gasteiger partial charge in [-0.2, -0.15) is 0 Å². The van der Waals surface area contributed by atoms with Crippen LogP contribution in [0.4, 0.5) is 0 Å². The lowest BCUT2D eigenvalue weighted by Crippen LogP contribution is -2.72. The second-order valence-corrected chi connectivity index (χ2v) is 5.56. The summed E-state index contributed by atoms with van der Waals surface area (Å²) in [6, 6.07) is 0.682. The zero-order valence-electron chi connectivity index (χ0n) is 9.06. The highest BCUT2D eigenvalue weighted by Gasteiger charge is 2.51. The first kappa shape index (κ1) is 9.47. The van der Waals surface area contributed by atoms with Crippen LogP contribution in [0.2, 0.25) is 0 Å². The molecule has 0 amide bonds. The predicted molar refractivity (Wildman–Crippen MR) is 55.3 cm³/mol. The molecule has 3 N–H and O–H groups in total. The van der Waals surface area contributed by atoms with E-state index in [1.165, 1.54) is 19.3 Å². The summed E-state index contributed by atoms with van der Waals surface area (Å²) in [6.07, 6.45) is 5.05. The Hall–Kier alpha value is -0.0800. The highest BCUT2D eigenvalue weighted by atomic mass is 15.2. The fourth-order valence-corrected chi connectivity index (χ4v) is 2.98. The van der Waals surface area contributed by atoms with Crippen LogP contribution in [0.1, 0.15) is 46.5 Å². The lowest BCUT2D eigenvalue weighted by Gasteiger charge is -2.57. The van der Waals surface area contributed by atoms with Crippen molar-refractivity contribution in [2.24, 2.45) is 17.1 Å². The molecule has 0 aliphatic carbocycles. The molecule has 3 unspecified atom stereocenters. The lowest BCUT2D eigenvalue weighted by molar-refractivity contribution is -0.0277. The normalized spacial score (nSPS) is 48.9. The fraction of sp³-hybridized carbons (Fsp3) is 1.00. The Morgan fingerprint density at radius 3 is 2.77 bits per heavy atom. The van der Waals surface area contributed by atoms with Crippen molar-refractivity contribution in [2.75, 3.05) is 0 Å². The number of piperidine rings is 2. The van der Waals surface area contributed by atoms with Gasteiger partial charge in [-0.05, 0) is 37.0 Å². The van der Waals surface area contributed by atoms with Crippen molar-refractivity contribution < 1.29 is 0 Å². The number of fused-ring (bicyclic) bond motifs is 2. The SMILES string of the molecule is CC1CC2CCCC(N)(N2)C1(C)C. The first-order chi connectivity index (χ1) is 5.96. The molecule has 2 aliphatic rings. The van der Waals surface area contributed by atoms with Gasteiger partial charge in [0.05, 0.1) is 5.66 Å². The number of hydrogen-bond acceptors (Lipinski definition) is 2. The van der Waals surface area contributed by atoms with Gasteiger partial charge in [-0.25, -0.2) is 0 Å². The zero-order valence-corrected chi connectivity index (χ0v) is 9.06. The first-order valence-corrected chi connectivity index (χ1v) is 5.52. The maximum Gasteiger partial charge on any atom is 0.0719 e. The molecule has 2 heterocycles. The molecule has 2 fully saturated rings. The smallest absolute Gasteiger partial charge is 0.0719 e. The van der Waals surface area contributed by atoms with Gasteiger partial charge in [0.15, 0.2) is 0 Å². The van der Waals surface area contributed by atoms with Gasteiger partial charge in [0.1, 0.15) is 0 Å². The second kappa shape index (κ2) is 2.71. The highest BCUT2D eigenvalue weighted by molar-refractivity contribution is 5.06. The number of rotatable bonds is 0. The Morgan fingerprint density at radius 2 is 2.08 bits per heavy atom. The van der Waals surface area contributed by atoms with Gasteiger partial charge < -0.3 is 5.73 Å². The van der Waals surface area contributed by atoms with Crippen molar-refractivity contribution in [3.05, 3.63) is 0 Å². The molecule has 2 bridgehead atoms. The third-order valence-electron chi connectivity index (χ3n) is 4.61. The van der Waals surface area contributed by atoms with Crippen LogP contribution in [-0.2, 0) is 0 Å². The molecule has 0 spiro atoms. The molecule has 76 valence electrons. The van der Waals surface area contributed by atoms with Gasteiger partial charge >= 0.3 is 0 Å². The van der Waals surface area contributed by atoms with Crippen LogP contribution < -0.4 is 11.1 Å². The molecule has 0 saturated carbocycles. The maximum atomic E-state index is 6.46. The Morgan fingerprint density at radius 1 is 1.38 bits per heavy atom. The van der Waals surface area contributed by atoms with Crippen molar-refractivity contribution >= 4 is 0 Å². The molecule has 2 aliphatic heterocycles. The minimum Gasteiger partial charge on any atom is -0.313 e. The molecular formula is C11H22N2. The van der Waals surface area contributed by atoms with E-state index in [0.29, 0.717) is 6.04 Å². The third-order valence-corrected chi connectivity index (χ3v) is 4.61. The number of hydrogen-bond donors (Lipinski definition) is 2. The molecule has 0 radical (unpaired) electrons. The molecule has 13 heavy (non-hydrogen) atoms. The average molecular weight is 182 g/mol. The number of nitrogens with two attached hydrogens (primary N) is 1. The van der Waals surface area contributed by atoms with Gasteiger partial charge in [-0.15, -0.1) is 0 Å². The monoisotopic (exact) mass is 182 g/mol. The maximum absolute atomic E-state index is 6.46. The second-order valence-electron chi connectivity index (χ2n) is 5.56. The Balaban J connectivity index is 2.28. The summed E-state index contributed by atoms with van der Waals surface area (Å²) >= 11 is 0. The molecule has 0 aromatic rings. The van der Waals surface area contributed by atoms with E-state index in [-0.39, 0.29) is 11.1 Å².